The summed E-state index contributed by atoms with van der Waals surface area (Å²) in [6.07, 6.45) is 0. The summed E-state index contributed by atoms with van der Waals surface area (Å²) in [5, 5.41) is 16.9. The molecule has 5 aromatic rings. The topological polar surface area (TPSA) is 65.0 Å². The largest absolute Gasteiger partial charge is 0.390 e. The van der Waals surface area contributed by atoms with Crippen molar-refractivity contribution in [3.05, 3.63) is 74.6 Å². The number of hydrogen-bond donors (Lipinski definition) is 1. The van der Waals surface area contributed by atoms with Gasteiger partial charge in [0.15, 0.2) is 0 Å². The zero-order valence-corrected chi connectivity index (χ0v) is 19.2. The second-order valence-corrected chi connectivity index (χ2v) is 8.72. The lowest BCUT2D eigenvalue weighted by atomic mass is 10.0. The van der Waals surface area contributed by atoms with Crippen LogP contribution in [0.2, 0.25) is 10.0 Å². The van der Waals surface area contributed by atoms with Gasteiger partial charge in [0.25, 0.3) is 5.56 Å². The molecule has 0 aliphatic carbocycles. The Hall–Kier alpha value is -3.06. The molecule has 0 spiro atoms. The number of halogens is 2. The van der Waals surface area contributed by atoms with Crippen molar-refractivity contribution in [2.45, 2.75) is 6.61 Å². The highest BCUT2D eigenvalue weighted by atomic mass is 35.5. The van der Waals surface area contributed by atoms with E-state index in [1.807, 2.05) is 42.9 Å². The average molecular weight is 467 g/mol. The van der Waals surface area contributed by atoms with Crippen molar-refractivity contribution in [1.82, 2.24) is 18.9 Å². The maximum absolute atomic E-state index is 13.2. The summed E-state index contributed by atoms with van der Waals surface area (Å²) < 4.78 is 5.34. The van der Waals surface area contributed by atoms with Crippen LogP contribution in [0.5, 0.6) is 0 Å². The van der Waals surface area contributed by atoms with Gasteiger partial charge in [-0.05, 0) is 36.4 Å². The molecule has 1 N–H and O–H groups in total. The van der Waals surface area contributed by atoms with Crippen LogP contribution in [0.3, 0.4) is 0 Å². The Morgan fingerprint density at radius 3 is 2.38 bits per heavy atom. The lowest BCUT2D eigenvalue weighted by molar-refractivity contribution is 0.270. The first-order valence-corrected chi connectivity index (χ1v) is 10.8. The minimum absolute atomic E-state index is 0.0761. The second kappa shape index (κ2) is 7.52. The average Bonchev–Trinajstić information content (AvgIpc) is 3.28. The molecule has 0 saturated carbocycles. The number of rotatable bonds is 3. The van der Waals surface area contributed by atoms with Gasteiger partial charge in [-0.3, -0.25) is 14.0 Å². The van der Waals surface area contributed by atoms with Crippen LogP contribution in [0.25, 0.3) is 44.3 Å². The minimum Gasteiger partial charge on any atom is -0.390 e. The molecule has 2 aromatic carbocycles. The van der Waals surface area contributed by atoms with Crippen molar-refractivity contribution < 1.29 is 5.11 Å². The van der Waals surface area contributed by atoms with Crippen LogP contribution in [0.4, 0.5) is 0 Å². The van der Waals surface area contributed by atoms with Crippen molar-refractivity contribution >= 4 is 45.1 Å². The predicted molar refractivity (Wildman–Crippen MR) is 129 cm³/mol. The van der Waals surface area contributed by atoms with E-state index < -0.39 is 0 Å². The minimum atomic E-state index is -0.134. The number of pyridine rings is 1. The molecule has 0 radical (unpaired) electrons. The molecule has 5 rings (SSSR count). The molecule has 3 heterocycles. The Kier molecular flexibility index (Phi) is 4.89. The van der Waals surface area contributed by atoms with Crippen LogP contribution in [0, 0.1) is 0 Å². The monoisotopic (exact) mass is 466 g/mol. The van der Waals surface area contributed by atoms with Crippen LogP contribution in [-0.4, -0.2) is 24.0 Å². The quantitative estimate of drug-likeness (QED) is 0.411. The number of aromatic nitrogens is 4. The normalized spacial score (nSPS) is 11.7. The van der Waals surface area contributed by atoms with Gasteiger partial charge in [-0.1, -0.05) is 35.3 Å². The van der Waals surface area contributed by atoms with E-state index in [-0.39, 0.29) is 12.2 Å². The first-order valence-electron chi connectivity index (χ1n) is 10.0. The summed E-state index contributed by atoms with van der Waals surface area (Å²) in [4.78, 5) is 13.2. The SMILES string of the molecule is Cn1nc(-c2ccc3c(c2)c2cc(-c4ccc(Cl)cc4Cl)c(=O)n(C)c2n3C)cc1CO. The predicted octanol–water partition coefficient (Wildman–Crippen LogP) is 4.90. The van der Waals surface area contributed by atoms with Crippen molar-refractivity contribution in [1.29, 1.82) is 0 Å². The zero-order valence-electron chi connectivity index (χ0n) is 17.7. The molecule has 8 heteroatoms. The Morgan fingerprint density at radius 1 is 0.906 bits per heavy atom. The van der Waals surface area contributed by atoms with E-state index >= 15 is 0 Å². The molecule has 0 aliphatic heterocycles. The Labute approximate surface area is 193 Å². The number of aryl methyl sites for hydroxylation is 3. The smallest absolute Gasteiger partial charge is 0.259 e. The van der Waals surface area contributed by atoms with Crippen molar-refractivity contribution in [2.24, 2.45) is 21.1 Å². The molecule has 32 heavy (non-hydrogen) atoms. The zero-order chi connectivity index (χ0) is 22.7. The second-order valence-electron chi connectivity index (χ2n) is 7.88. The third-order valence-electron chi connectivity index (χ3n) is 6.00. The van der Waals surface area contributed by atoms with Crippen molar-refractivity contribution in [2.75, 3.05) is 0 Å². The third kappa shape index (κ3) is 3.06. The summed E-state index contributed by atoms with van der Waals surface area (Å²) in [5.74, 6) is 0. The molecule has 162 valence electrons. The molecule has 0 aliphatic rings. The van der Waals surface area contributed by atoms with Gasteiger partial charge in [-0.2, -0.15) is 5.10 Å². The van der Waals surface area contributed by atoms with Crippen molar-refractivity contribution in [3.63, 3.8) is 0 Å². The highest BCUT2D eigenvalue weighted by Gasteiger charge is 2.18. The van der Waals surface area contributed by atoms with E-state index in [4.69, 9.17) is 23.2 Å². The van der Waals surface area contributed by atoms with Crippen LogP contribution in [0.15, 0.2) is 53.3 Å². The molecule has 3 aromatic heterocycles. The molecule has 0 fully saturated rings. The highest BCUT2D eigenvalue weighted by molar-refractivity contribution is 6.36. The number of benzene rings is 2. The number of aliphatic hydroxyl groups excluding tert-OH is 1. The summed E-state index contributed by atoms with van der Waals surface area (Å²) in [6.45, 7) is -0.0761. The summed E-state index contributed by atoms with van der Waals surface area (Å²) >= 11 is 12.5. The fourth-order valence-corrected chi connectivity index (χ4v) is 4.86. The number of nitrogens with zero attached hydrogens (tertiary/aromatic N) is 4. The molecule has 0 saturated heterocycles. The van der Waals surface area contributed by atoms with Gasteiger partial charge < -0.3 is 9.67 Å². The maximum atomic E-state index is 13.2. The number of hydrogen-bond acceptors (Lipinski definition) is 3. The standard InChI is InChI=1S/C24H20Cl2N4O2/c1-28-22-7-4-13(21-10-15(12-31)30(3)27-21)8-17(22)18-11-19(24(32)29(2)23(18)28)16-6-5-14(25)9-20(16)26/h4-11,31H,12H2,1-3H3. The van der Waals surface area contributed by atoms with Crippen molar-refractivity contribution in [3.8, 4) is 22.4 Å². The Morgan fingerprint density at radius 2 is 1.69 bits per heavy atom. The van der Waals surface area contributed by atoms with Gasteiger partial charge >= 0.3 is 0 Å². The lowest BCUT2D eigenvalue weighted by Gasteiger charge is -2.09. The first-order chi connectivity index (χ1) is 15.3. The van der Waals surface area contributed by atoms with Crippen LogP contribution < -0.4 is 5.56 Å². The van der Waals surface area contributed by atoms with E-state index in [0.717, 1.165) is 38.9 Å². The summed E-state index contributed by atoms with van der Waals surface area (Å²) in [7, 11) is 5.52. The Balaban J connectivity index is 1.82. The fourth-order valence-electron chi connectivity index (χ4n) is 4.35. The molecule has 0 bridgehead atoms. The van der Waals surface area contributed by atoms with Gasteiger partial charge in [0.1, 0.15) is 5.65 Å². The summed E-state index contributed by atoms with van der Waals surface area (Å²) in [6, 6.07) is 15.0. The first kappa shape index (κ1) is 20.8. The van der Waals surface area contributed by atoms with E-state index in [1.165, 1.54) is 0 Å². The fraction of sp³-hybridized carbons (Fsp3) is 0.167. The van der Waals surface area contributed by atoms with Gasteiger partial charge in [0.2, 0.25) is 0 Å². The third-order valence-corrected chi connectivity index (χ3v) is 6.55. The van der Waals surface area contributed by atoms with Gasteiger partial charge in [0, 0.05) is 53.6 Å². The molecule has 0 amide bonds. The Bertz CT molecular complexity index is 1590. The number of fused-ring (bicyclic) bond motifs is 3. The van der Waals surface area contributed by atoms with Gasteiger partial charge in [0.05, 0.1) is 28.5 Å². The van der Waals surface area contributed by atoms with Gasteiger partial charge in [-0.15, -0.1) is 0 Å². The van der Waals surface area contributed by atoms with E-state index in [2.05, 4.69) is 11.2 Å². The molecule has 6 nitrogen and oxygen atoms in total. The molecular formula is C24H20Cl2N4O2. The molecule has 0 unspecified atom stereocenters. The molecular weight excluding hydrogens is 447 g/mol. The van der Waals surface area contributed by atoms with E-state index in [1.54, 1.807) is 34.5 Å². The maximum Gasteiger partial charge on any atom is 0.259 e. The van der Waals surface area contributed by atoms with Gasteiger partial charge in [-0.25, -0.2) is 0 Å². The van der Waals surface area contributed by atoms with E-state index in [0.29, 0.717) is 21.2 Å². The van der Waals surface area contributed by atoms with E-state index in [9.17, 15) is 9.90 Å². The van der Waals surface area contributed by atoms with Crippen LogP contribution in [0.1, 0.15) is 5.69 Å². The molecule has 0 atom stereocenters. The lowest BCUT2D eigenvalue weighted by Crippen LogP contribution is -2.20. The van der Waals surface area contributed by atoms with Crippen LogP contribution >= 0.6 is 23.2 Å². The highest BCUT2D eigenvalue weighted by Crippen LogP contribution is 2.35. The number of aliphatic hydroxyl groups is 1. The van der Waals surface area contributed by atoms with Crippen LogP contribution in [-0.2, 0) is 27.7 Å². The summed E-state index contributed by atoms with van der Waals surface area (Å²) in [5.41, 5.74) is 5.28.